The van der Waals surface area contributed by atoms with Gasteiger partial charge in [0.15, 0.2) is 5.16 Å². The van der Waals surface area contributed by atoms with E-state index >= 15 is 0 Å². The summed E-state index contributed by atoms with van der Waals surface area (Å²) in [6.07, 6.45) is 1.01. The Morgan fingerprint density at radius 3 is 2.28 bits per heavy atom. The standard InChI is InChI=1S/C34H45N9O2S.ClH/c1-23(2)43(24(3)4)20-17-41-15-18-42(19-16-41)31(45)14-13-27-7-6-8-29(38-27)22-46-34-39-32(30(21-35)33(36)40-34)26-9-11-28(12-10-26)37-25(5)44;/h6-12,23-24H,13-20,22H2,1-5H3,(H,37,44)(H2,36,39,40);1H. The zero-order valence-corrected chi connectivity index (χ0v) is 29.5. The highest BCUT2D eigenvalue weighted by Crippen LogP contribution is 2.29. The van der Waals surface area contributed by atoms with Crippen molar-refractivity contribution in [1.82, 2.24) is 29.7 Å². The van der Waals surface area contributed by atoms with Crippen LogP contribution in [0.15, 0.2) is 47.6 Å². The van der Waals surface area contributed by atoms with E-state index in [0.29, 0.717) is 52.8 Å². The van der Waals surface area contributed by atoms with Crippen LogP contribution < -0.4 is 11.1 Å². The largest absolute Gasteiger partial charge is 0.382 e. The number of aromatic nitrogens is 3. The topological polar surface area (TPSA) is 144 Å². The van der Waals surface area contributed by atoms with Crippen molar-refractivity contribution in [3.8, 4) is 17.3 Å². The second-order valence-corrected chi connectivity index (χ2v) is 13.0. The third-order valence-electron chi connectivity index (χ3n) is 8.04. The first-order valence-corrected chi connectivity index (χ1v) is 16.8. The Kier molecular flexibility index (Phi) is 14.4. The third-order valence-corrected chi connectivity index (χ3v) is 8.92. The molecule has 252 valence electrons. The number of aryl methyl sites for hydroxylation is 1. The molecule has 3 heterocycles. The van der Waals surface area contributed by atoms with Gasteiger partial charge in [0, 0.05) is 87.4 Å². The van der Waals surface area contributed by atoms with Crippen LogP contribution in [0.25, 0.3) is 11.3 Å². The maximum Gasteiger partial charge on any atom is 0.223 e. The Morgan fingerprint density at radius 2 is 1.66 bits per heavy atom. The van der Waals surface area contributed by atoms with Crippen LogP contribution in [0.2, 0.25) is 0 Å². The Morgan fingerprint density at radius 1 is 1.00 bits per heavy atom. The van der Waals surface area contributed by atoms with Gasteiger partial charge in [-0.25, -0.2) is 9.97 Å². The highest BCUT2D eigenvalue weighted by atomic mass is 35.5. The van der Waals surface area contributed by atoms with E-state index in [9.17, 15) is 14.9 Å². The minimum Gasteiger partial charge on any atom is -0.382 e. The van der Waals surface area contributed by atoms with Gasteiger partial charge in [-0.15, -0.1) is 12.4 Å². The normalized spacial score (nSPS) is 13.5. The van der Waals surface area contributed by atoms with E-state index in [1.807, 2.05) is 23.1 Å². The Hall–Kier alpha value is -3.76. The van der Waals surface area contributed by atoms with Crippen molar-refractivity contribution >= 4 is 47.5 Å². The van der Waals surface area contributed by atoms with E-state index in [0.717, 1.165) is 50.7 Å². The summed E-state index contributed by atoms with van der Waals surface area (Å²) in [5.41, 5.74) is 9.82. The summed E-state index contributed by atoms with van der Waals surface area (Å²) >= 11 is 1.38. The molecule has 1 saturated heterocycles. The van der Waals surface area contributed by atoms with Crippen LogP contribution in [0.3, 0.4) is 0 Å². The van der Waals surface area contributed by atoms with Gasteiger partial charge in [0.1, 0.15) is 17.5 Å². The first-order valence-electron chi connectivity index (χ1n) is 15.8. The number of thioether (sulfide) groups is 1. The molecule has 2 aromatic heterocycles. The highest BCUT2D eigenvalue weighted by Gasteiger charge is 2.22. The van der Waals surface area contributed by atoms with Crippen LogP contribution in [0.4, 0.5) is 11.5 Å². The monoisotopic (exact) mass is 679 g/mol. The van der Waals surface area contributed by atoms with Crippen LogP contribution in [0, 0.1) is 11.3 Å². The number of rotatable bonds is 13. The SMILES string of the molecule is CC(=O)Nc1ccc(-c2nc(SCc3cccc(CCC(=O)N4CCN(CCN(C(C)C)C(C)C)CC4)n3)nc(N)c2C#N)cc1.Cl. The van der Waals surface area contributed by atoms with Gasteiger partial charge in [-0.2, -0.15) is 5.26 Å². The first kappa shape index (κ1) is 37.7. The van der Waals surface area contributed by atoms with Crippen molar-refractivity contribution in [2.24, 2.45) is 0 Å². The molecule has 0 saturated carbocycles. The molecule has 0 radical (unpaired) electrons. The lowest BCUT2D eigenvalue weighted by Gasteiger charge is -2.37. The summed E-state index contributed by atoms with van der Waals surface area (Å²) in [5.74, 6) is 0.613. The van der Waals surface area contributed by atoms with Gasteiger partial charge in [0.25, 0.3) is 0 Å². The predicted octanol–water partition coefficient (Wildman–Crippen LogP) is 4.86. The molecule has 1 fully saturated rings. The fourth-order valence-corrected chi connectivity index (χ4v) is 6.38. The molecule has 0 aliphatic carbocycles. The minimum atomic E-state index is -0.167. The zero-order valence-electron chi connectivity index (χ0n) is 27.9. The molecule has 3 aromatic rings. The van der Waals surface area contributed by atoms with E-state index in [1.54, 1.807) is 24.3 Å². The lowest BCUT2D eigenvalue weighted by Crippen LogP contribution is -2.51. The van der Waals surface area contributed by atoms with E-state index in [2.05, 4.69) is 58.8 Å². The summed E-state index contributed by atoms with van der Waals surface area (Å²) < 4.78 is 0. The summed E-state index contributed by atoms with van der Waals surface area (Å²) in [5, 5.41) is 12.9. The van der Waals surface area contributed by atoms with Gasteiger partial charge in [-0.1, -0.05) is 30.0 Å². The van der Waals surface area contributed by atoms with Crippen molar-refractivity contribution in [1.29, 1.82) is 5.26 Å². The lowest BCUT2D eigenvalue weighted by molar-refractivity contribution is -0.133. The van der Waals surface area contributed by atoms with Crippen molar-refractivity contribution in [2.45, 2.75) is 70.5 Å². The number of halogens is 1. The van der Waals surface area contributed by atoms with Crippen LogP contribution in [0.5, 0.6) is 0 Å². The molecule has 0 spiro atoms. The summed E-state index contributed by atoms with van der Waals surface area (Å²) in [6.45, 7) is 15.8. The molecule has 0 atom stereocenters. The van der Waals surface area contributed by atoms with Crippen molar-refractivity contribution in [3.63, 3.8) is 0 Å². The van der Waals surface area contributed by atoms with E-state index in [4.69, 9.17) is 10.7 Å². The number of pyridine rings is 1. The third kappa shape index (κ3) is 10.9. The van der Waals surface area contributed by atoms with Gasteiger partial charge in [-0.05, 0) is 58.4 Å². The summed E-state index contributed by atoms with van der Waals surface area (Å²) in [6, 6.07) is 16.1. The molecule has 47 heavy (non-hydrogen) atoms. The van der Waals surface area contributed by atoms with E-state index < -0.39 is 0 Å². The second-order valence-electron chi connectivity index (χ2n) is 12.0. The van der Waals surface area contributed by atoms with E-state index in [1.165, 1.54) is 18.7 Å². The number of benzene rings is 1. The lowest BCUT2D eigenvalue weighted by atomic mass is 10.1. The average Bonchev–Trinajstić information content (AvgIpc) is 3.03. The van der Waals surface area contributed by atoms with Crippen LogP contribution >= 0.6 is 24.2 Å². The molecular formula is C34H46ClN9O2S. The zero-order chi connectivity index (χ0) is 33.2. The number of nitrogens with zero attached hydrogens (tertiary/aromatic N) is 7. The molecule has 0 bridgehead atoms. The van der Waals surface area contributed by atoms with Crippen molar-refractivity contribution < 1.29 is 9.59 Å². The van der Waals surface area contributed by atoms with Gasteiger partial charge < -0.3 is 16.0 Å². The van der Waals surface area contributed by atoms with Gasteiger partial charge in [-0.3, -0.25) is 24.4 Å². The summed E-state index contributed by atoms with van der Waals surface area (Å²) in [7, 11) is 0. The number of nitriles is 1. The first-order chi connectivity index (χ1) is 22.0. The number of carbonyl (C=O) groups is 2. The molecule has 11 nitrogen and oxygen atoms in total. The number of hydrogen-bond donors (Lipinski definition) is 2. The minimum absolute atomic E-state index is 0. The molecule has 3 N–H and O–H groups in total. The maximum absolute atomic E-state index is 13.0. The number of carbonyl (C=O) groups excluding carboxylic acids is 2. The highest BCUT2D eigenvalue weighted by molar-refractivity contribution is 7.98. The molecule has 2 amide bonds. The fraction of sp³-hybridized carbons (Fsp3) is 0.471. The van der Waals surface area contributed by atoms with Crippen molar-refractivity contribution in [3.05, 3.63) is 59.4 Å². The molecular weight excluding hydrogens is 634 g/mol. The molecule has 1 aliphatic rings. The number of anilines is 2. The molecule has 1 aromatic carbocycles. The van der Waals surface area contributed by atoms with Crippen LogP contribution in [-0.4, -0.2) is 92.8 Å². The Balaban J connectivity index is 0.00000600. The Bertz CT molecular complexity index is 1530. The number of nitrogens with one attached hydrogen (secondary N) is 1. The molecule has 4 rings (SSSR count). The van der Waals surface area contributed by atoms with Gasteiger partial charge in [0.2, 0.25) is 11.8 Å². The number of nitrogen functional groups attached to an aromatic ring is 1. The van der Waals surface area contributed by atoms with Crippen LogP contribution in [-0.2, 0) is 21.8 Å². The number of nitrogens with two attached hydrogens (primary N) is 1. The summed E-state index contributed by atoms with van der Waals surface area (Å²) in [4.78, 5) is 45.1. The maximum atomic E-state index is 13.0. The second kappa shape index (κ2) is 18.0. The molecule has 13 heteroatoms. The number of hydrogen-bond acceptors (Lipinski definition) is 10. The molecule has 0 unspecified atom stereocenters. The average molecular weight is 680 g/mol. The fourth-order valence-electron chi connectivity index (χ4n) is 5.63. The smallest absolute Gasteiger partial charge is 0.223 e. The number of amides is 2. The molecule has 1 aliphatic heterocycles. The number of piperazine rings is 1. The van der Waals surface area contributed by atoms with Gasteiger partial charge in [0.05, 0.1) is 11.4 Å². The van der Waals surface area contributed by atoms with Gasteiger partial charge >= 0.3 is 0 Å². The van der Waals surface area contributed by atoms with Crippen molar-refractivity contribution in [2.75, 3.05) is 50.3 Å². The Labute approximate surface area is 288 Å². The predicted molar refractivity (Wildman–Crippen MR) is 190 cm³/mol. The van der Waals surface area contributed by atoms with Crippen LogP contribution in [0.1, 0.15) is 58.0 Å². The quantitative estimate of drug-likeness (QED) is 0.190. The van der Waals surface area contributed by atoms with E-state index in [-0.39, 0.29) is 35.6 Å².